The summed E-state index contributed by atoms with van der Waals surface area (Å²) in [5.41, 5.74) is 0.564. The van der Waals surface area contributed by atoms with E-state index in [0.717, 1.165) is 0 Å². The molecule has 0 spiro atoms. The second kappa shape index (κ2) is 7.73. The zero-order valence-electron chi connectivity index (χ0n) is 12.1. The Morgan fingerprint density at radius 2 is 2.00 bits per heavy atom. The first-order valence-electron chi connectivity index (χ1n) is 6.55. The number of rotatable bonds is 5. The van der Waals surface area contributed by atoms with E-state index < -0.39 is 24.3 Å². The number of ether oxygens (including phenoxy) is 2. The van der Waals surface area contributed by atoms with Crippen LogP contribution in [-0.4, -0.2) is 25.6 Å². The first-order valence-corrected chi connectivity index (χ1v) is 7.35. The van der Waals surface area contributed by atoms with E-state index in [1.165, 1.54) is 43.5 Å². The van der Waals surface area contributed by atoms with E-state index in [4.69, 9.17) is 9.47 Å². The number of carbonyl (C=O) groups excluding carboxylic acids is 2. The summed E-state index contributed by atoms with van der Waals surface area (Å²) < 4.78 is 23.6. The second-order valence-electron chi connectivity index (χ2n) is 4.48. The highest BCUT2D eigenvalue weighted by molar-refractivity contribution is 9.10. The summed E-state index contributed by atoms with van der Waals surface area (Å²) in [7, 11) is 1.51. The van der Waals surface area contributed by atoms with Crippen LogP contribution in [0.1, 0.15) is 10.4 Å². The molecule has 0 radical (unpaired) electrons. The molecule has 0 aliphatic heterocycles. The van der Waals surface area contributed by atoms with Crippen molar-refractivity contribution in [2.75, 3.05) is 19.0 Å². The molecule has 0 atom stereocenters. The van der Waals surface area contributed by atoms with Crippen molar-refractivity contribution in [1.29, 1.82) is 0 Å². The van der Waals surface area contributed by atoms with Gasteiger partial charge in [0.05, 0.1) is 17.1 Å². The van der Waals surface area contributed by atoms with Crippen LogP contribution >= 0.6 is 15.9 Å². The van der Waals surface area contributed by atoms with Crippen LogP contribution < -0.4 is 10.1 Å². The van der Waals surface area contributed by atoms with Crippen molar-refractivity contribution in [3.63, 3.8) is 0 Å². The molecule has 2 aromatic carbocycles. The van der Waals surface area contributed by atoms with Gasteiger partial charge in [-0.25, -0.2) is 9.18 Å². The fourth-order valence-corrected chi connectivity index (χ4v) is 2.31. The summed E-state index contributed by atoms with van der Waals surface area (Å²) in [6, 6.07) is 10.1. The van der Waals surface area contributed by atoms with Gasteiger partial charge in [-0.2, -0.15) is 0 Å². The number of hydrogen-bond donors (Lipinski definition) is 1. The molecular formula is C16H13BrFNO4. The van der Waals surface area contributed by atoms with Crippen LogP contribution in [0.3, 0.4) is 0 Å². The first kappa shape index (κ1) is 17.0. The lowest BCUT2D eigenvalue weighted by Gasteiger charge is -2.08. The number of nitrogens with one attached hydrogen (secondary N) is 1. The van der Waals surface area contributed by atoms with Gasteiger partial charge >= 0.3 is 5.97 Å². The molecule has 0 bridgehead atoms. The van der Waals surface area contributed by atoms with Crippen molar-refractivity contribution in [3.05, 3.63) is 58.3 Å². The van der Waals surface area contributed by atoms with Gasteiger partial charge in [0, 0.05) is 5.69 Å². The predicted molar refractivity (Wildman–Crippen MR) is 86.0 cm³/mol. The summed E-state index contributed by atoms with van der Waals surface area (Å²) in [5.74, 6) is -1.10. The average molecular weight is 382 g/mol. The minimum absolute atomic E-state index is 0.274. The van der Waals surface area contributed by atoms with E-state index in [1.807, 2.05) is 0 Å². The SMILES string of the molecule is COc1ccc(C(=O)OCC(=O)Nc2cccc(F)c2)cc1Br. The number of benzene rings is 2. The van der Waals surface area contributed by atoms with Gasteiger partial charge in [-0.15, -0.1) is 0 Å². The number of esters is 1. The summed E-state index contributed by atoms with van der Waals surface area (Å²) in [5, 5.41) is 2.43. The third kappa shape index (κ3) is 4.79. The Morgan fingerprint density at radius 1 is 1.22 bits per heavy atom. The average Bonchev–Trinajstić information content (AvgIpc) is 2.52. The maximum Gasteiger partial charge on any atom is 0.338 e. The van der Waals surface area contributed by atoms with Gasteiger partial charge in [0.15, 0.2) is 6.61 Å². The minimum atomic E-state index is -0.650. The third-order valence-electron chi connectivity index (χ3n) is 2.83. The van der Waals surface area contributed by atoms with Crippen LogP contribution in [0.2, 0.25) is 0 Å². The largest absolute Gasteiger partial charge is 0.496 e. The van der Waals surface area contributed by atoms with E-state index in [2.05, 4.69) is 21.2 Å². The van der Waals surface area contributed by atoms with Crippen molar-refractivity contribution >= 4 is 33.5 Å². The molecule has 120 valence electrons. The van der Waals surface area contributed by atoms with Crippen LogP contribution in [0.15, 0.2) is 46.9 Å². The third-order valence-corrected chi connectivity index (χ3v) is 3.45. The molecule has 5 nitrogen and oxygen atoms in total. The number of anilines is 1. The van der Waals surface area contributed by atoms with Gasteiger partial charge in [0.25, 0.3) is 5.91 Å². The number of methoxy groups -OCH3 is 1. The molecule has 0 unspecified atom stereocenters. The van der Waals surface area contributed by atoms with Gasteiger partial charge in [-0.1, -0.05) is 6.07 Å². The molecule has 0 aromatic heterocycles. The zero-order chi connectivity index (χ0) is 16.8. The van der Waals surface area contributed by atoms with E-state index in [9.17, 15) is 14.0 Å². The monoisotopic (exact) mass is 381 g/mol. The topological polar surface area (TPSA) is 64.6 Å². The molecule has 2 aromatic rings. The van der Waals surface area contributed by atoms with Crippen LogP contribution in [0.4, 0.5) is 10.1 Å². The Morgan fingerprint density at radius 3 is 2.65 bits per heavy atom. The van der Waals surface area contributed by atoms with Gasteiger partial charge in [0.2, 0.25) is 0 Å². The smallest absolute Gasteiger partial charge is 0.338 e. The first-order chi connectivity index (χ1) is 11.0. The number of carbonyl (C=O) groups is 2. The van der Waals surface area contributed by atoms with E-state index in [-0.39, 0.29) is 5.56 Å². The van der Waals surface area contributed by atoms with Gasteiger partial charge in [0.1, 0.15) is 11.6 Å². The highest BCUT2D eigenvalue weighted by Crippen LogP contribution is 2.25. The lowest BCUT2D eigenvalue weighted by atomic mass is 10.2. The molecule has 7 heteroatoms. The summed E-state index contributed by atoms with van der Waals surface area (Å²) in [6.45, 7) is -0.473. The molecule has 0 saturated heterocycles. The van der Waals surface area contributed by atoms with E-state index in [1.54, 1.807) is 6.07 Å². The minimum Gasteiger partial charge on any atom is -0.496 e. The van der Waals surface area contributed by atoms with Crippen molar-refractivity contribution in [2.24, 2.45) is 0 Å². The Kier molecular flexibility index (Phi) is 5.70. The standard InChI is InChI=1S/C16H13BrFNO4/c1-22-14-6-5-10(7-13(14)17)16(21)23-9-15(20)19-12-4-2-3-11(18)8-12/h2-8H,9H2,1H3,(H,19,20). The molecule has 1 N–H and O–H groups in total. The normalized spacial score (nSPS) is 10.0. The van der Waals surface area contributed by atoms with Crippen molar-refractivity contribution in [1.82, 2.24) is 0 Å². The van der Waals surface area contributed by atoms with Gasteiger partial charge in [-0.3, -0.25) is 4.79 Å². The predicted octanol–water partition coefficient (Wildman–Crippen LogP) is 3.39. The number of hydrogen-bond acceptors (Lipinski definition) is 4. The molecule has 2 rings (SSSR count). The Bertz CT molecular complexity index is 736. The molecule has 23 heavy (non-hydrogen) atoms. The fourth-order valence-electron chi connectivity index (χ4n) is 1.77. The van der Waals surface area contributed by atoms with E-state index >= 15 is 0 Å². The maximum absolute atomic E-state index is 13.0. The summed E-state index contributed by atoms with van der Waals surface area (Å²) in [6.07, 6.45) is 0. The summed E-state index contributed by atoms with van der Waals surface area (Å²) in [4.78, 5) is 23.6. The number of amides is 1. The lowest BCUT2D eigenvalue weighted by molar-refractivity contribution is -0.119. The molecule has 0 heterocycles. The second-order valence-corrected chi connectivity index (χ2v) is 5.34. The van der Waals surface area contributed by atoms with Crippen LogP contribution in [0, 0.1) is 5.82 Å². The lowest BCUT2D eigenvalue weighted by Crippen LogP contribution is -2.21. The Balaban J connectivity index is 1.91. The van der Waals surface area contributed by atoms with Gasteiger partial charge in [-0.05, 0) is 52.3 Å². The van der Waals surface area contributed by atoms with Gasteiger partial charge < -0.3 is 14.8 Å². The van der Waals surface area contributed by atoms with E-state index in [0.29, 0.717) is 15.9 Å². The molecule has 0 fully saturated rings. The van der Waals surface area contributed by atoms with Crippen LogP contribution in [0.5, 0.6) is 5.75 Å². The highest BCUT2D eigenvalue weighted by Gasteiger charge is 2.12. The van der Waals surface area contributed by atoms with Crippen molar-refractivity contribution in [3.8, 4) is 5.75 Å². The highest BCUT2D eigenvalue weighted by atomic mass is 79.9. The fraction of sp³-hybridized carbons (Fsp3) is 0.125. The Hall–Kier alpha value is -2.41. The Labute approximate surface area is 140 Å². The molecule has 0 saturated carbocycles. The molecule has 1 amide bonds. The maximum atomic E-state index is 13.0. The van der Waals surface area contributed by atoms with Crippen LogP contribution in [0.25, 0.3) is 0 Å². The number of halogens is 2. The van der Waals surface area contributed by atoms with Crippen molar-refractivity contribution < 1.29 is 23.5 Å². The molecule has 0 aliphatic rings. The summed E-state index contributed by atoms with van der Waals surface area (Å²) >= 11 is 3.26. The zero-order valence-corrected chi connectivity index (χ0v) is 13.7. The quantitative estimate of drug-likeness (QED) is 0.806. The van der Waals surface area contributed by atoms with Crippen molar-refractivity contribution in [2.45, 2.75) is 0 Å². The van der Waals surface area contributed by atoms with Crippen LogP contribution in [-0.2, 0) is 9.53 Å². The molecule has 0 aliphatic carbocycles. The molecular weight excluding hydrogens is 369 g/mol.